The van der Waals surface area contributed by atoms with Crippen LogP contribution in [0.1, 0.15) is 10.5 Å². The van der Waals surface area contributed by atoms with Gasteiger partial charge < -0.3 is 9.52 Å². The number of carbonyl (C=O) groups is 1. The summed E-state index contributed by atoms with van der Waals surface area (Å²) in [5.74, 6) is -1.10. The Kier molecular flexibility index (Phi) is 0.997. The van der Waals surface area contributed by atoms with Gasteiger partial charge in [0.25, 0.3) is 6.39 Å². The molecular formula is C4H2NO3. The first-order valence-electron chi connectivity index (χ1n) is 1.85. The van der Waals surface area contributed by atoms with Gasteiger partial charge in [-0.15, -0.1) is 0 Å². The topological polar surface area (TPSA) is 63.3 Å². The van der Waals surface area contributed by atoms with E-state index in [2.05, 4.69) is 9.40 Å². The van der Waals surface area contributed by atoms with E-state index in [9.17, 15) is 4.79 Å². The molecule has 0 bridgehead atoms. The molecule has 0 unspecified atom stereocenters. The number of carboxylic acid groups (broad SMARTS) is 1. The van der Waals surface area contributed by atoms with E-state index in [4.69, 9.17) is 5.11 Å². The van der Waals surface area contributed by atoms with Gasteiger partial charge in [0.15, 0.2) is 5.69 Å². The number of nitrogens with zero attached hydrogens (tertiary/aromatic N) is 1. The van der Waals surface area contributed by atoms with E-state index in [1.54, 1.807) is 0 Å². The van der Waals surface area contributed by atoms with Crippen LogP contribution in [0.4, 0.5) is 0 Å². The molecule has 1 heterocycles. The minimum absolute atomic E-state index is 0.120. The second-order valence-corrected chi connectivity index (χ2v) is 1.13. The summed E-state index contributed by atoms with van der Waals surface area (Å²) >= 11 is 0. The quantitative estimate of drug-likeness (QED) is 0.562. The van der Waals surface area contributed by atoms with Crippen LogP contribution in [0.2, 0.25) is 0 Å². The minimum Gasteiger partial charge on any atom is -0.476 e. The van der Waals surface area contributed by atoms with Gasteiger partial charge >= 0.3 is 5.97 Å². The molecule has 0 aliphatic carbocycles. The van der Waals surface area contributed by atoms with E-state index in [-0.39, 0.29) is 5.69 Å². The molecular weight excluding hydrogens is 110 g/mol. The summed E-state index contributed by atoms with van der Waals surface area (Å²) in [6.45, 7) is 0. The number of aromatic carboxylic acids is 1. The van der Waals surface area contributed by atoms with Gasteiger partial charge in [0.05, 0.1) is 0 Å². The molecule has 0 aliphatic heterocycles. The summed E-state index contributed by atoms with van der Waals surface area (Å²) in [5.41, 5.74) is -0.120. The molecule has 0 atom stereocenters. The summed E-state index contributed by atoms with van der Waals surface area (Å²) in [6, 6.07) is 0. The number of oxazole rings is 1. The lowest BCUT2D eigenvalue weighted by Gasteiger charge is -1.75. The third-order valence-corrected chi connectivity index (χ3v) is 0.608. The van der Waals surface area contributed by atoms with Gasteiger partial charge in [-0.3, -0.25) is 0 Å². The molecule has 8 heavy (non-hydrogen) atoms. The van der Waals surface area contributed by atoms with Gasteiger partial charge in [-0.2, -0.15) is 4.98 Å². The van der Waals surface area contributed by atoms with Gasteiger partial charge in [-0.1, -0.05) is 0 Å². The summed E-state index contributed by atoms with van der Waals surface area (Å²) in [4.78, 5) is 13.1. The second kappa shape index (κ2) is 1.65. The molecule has 0 spiro atoms. The Hall–Kier alpha value is -1.32. The van der Waals surface area contributed by atoms with Gasteiger partial charge in [0.1, 0.15) is 6.26 Å². The fraction of sp³-hybridized carbons (Fsp3) is 0. The highest BCUT2D eigenvalue weighted by Gasteiger charge is 2.03. The Morgan fingerprint density at radius 2 is 2.75 bits per heavy atom. The number of rotatable bonds is 1. The van der Waals surface area contributed by atoms with E-state index in [0.717, 1.165) is 6.26 Å². The van der Waals surface area contributed by atoms with E-state index >= 15 is 0 Å². The number of hydrogen-bond donors (Lipinski definition) is 1. The molecule has 0 aromatic carbocycles. The number of aromatic nitrogens is 1. The molecule has 41 valence electrons. The maximum Gasteiger partial charge on any atom is 0.357 e. The molecule has 0 saturated heterocycles. The van der Waals surface area contributed by atoms with Gasteiger partial charge in [-0.25, -0.2) is 4.79 Å². The van der Waals surface area contributed by atoms with Gasteiger partial charge in [0.2, 0.25) is 0 Å². The monoisotopic (exact) mass is 112 g/mol. The molecule has 4 heteroatoms. The molecule has 1 radical (unpaired) electrons. The average molecular weight is 112 g/mol. The van der Waals surface area contributed by atoms with Crippen LogP contribution in [0.3, 0.4) is 0 Å². The van der Waals surface area contributed by atoms with Crippen molar-refractivity contribution in [2.75, 3.05) is 0 Å². The first kappa shape index (κ1) is 4.83. The van der Waals surface area contributed by atoms with E-state index < -0.39 is 5.97 Å². The molecule has 1 aromatic heterocycles. The van der Waals surface area contributed by atoms with Crippen molar-refractivity contribution in [2.45, 2.75) is 0 Å². The maximum atomic E-state index is 9.92. The van der Waals surface area contributed by atoms with Crippen molar-refractivity contribution in [3.8, 4) is 0 Å². The Labute approximate surface area is 44.8 Å². The standard InChI is InChI=1S/C4H2NO3/c6-4(7)3-1-8-2-5-3/h1H,(H,6,7). The highest BCUT2D eigenvalue weighted by atomic mass is 16.4. The van der Waals surface area contributed by atoms with Crippen LogP contribution in [-0.4, -0.2) is 16.1 Å². The highest BCUT2D eigenvalue weighted by molar-refractivity contribution is 5.84. The second-order valence-electron chi connectivity index (χ2n) is 1.13. The molecule has 4 nitrogen and oxygen atoms in total. The minimum atomic E-state index is -1.10. The summed E-state index contributed by atoms with van der Waals surface area (Å²) in [6.07, 6.45) is 3.02. The first-order valence-corrected chi connectivity index (χ1v) is 1.85. The lowest BCUT2D eigenvalue weighted by atomic mass is 10.5. The molecule has 1 rings (SSSR count). The zero-order valence-electron chi connectivity index (χ0n) is 3.79. The Bertz CT molecular complexity index is 179. The average Bonchev–Trinajstić information content (AvgIpc) is 2.12. The number of hydrogen-bond acceptors (Lipinski definition) is 3. The molecule has 1 aromatic rings. The SMILES string of the molecule is O=C(O)c1co[c]n1. The van der Waals surface area contributed by atoms with Crippen molar-refractivity contribution >= 4 is 5.97 Å². The number of carboxylic acids is 1. The maximum absolute atomic E-state index is 9.92. The molecule has 0 aliphatic rings. The third-order valence-electron chi connectivity index (χ3n) is 0.608. The van der Waals surface area contributed by atoms with Crippen molar-refractivity contribution in [1.82, 2.24) is 4.98 Å². The van der Waals surface area contributed by atoms with E-state index in [1.165, 1.54) is 0 Å². The Morgan fingerprint density at radius 1 is 2.00 bits per heavy atom. The third kappa shape index (κ3) is 0.676. The van der Waals surface area contributed by atoms with Crippen LogP contribution < -0.4 is 0 Å². The smallest absolute Gasteiger partial charge is 0.357 e. The van der Waals surface area contributed by atoms with E-state index in [0.29, 0.717) is 0 Å². The van der Waals surface area contributed by atoms with Gasteiger partial charge in [-0.05, 0) is 0 Å². The van der Waals surface area contributed by atoms with Crippen molar-refractivity contribution < 1.29 is 14.3 Å². The highest BCUT2D eigenvalue weighted by Crippen LogP contribution is 1.90. The molecule has 0 amide bonds. The van der Waals surface area contributed by atoms with Crippen molar-refractivity contribution in [2.24, 2.45) is 0 Å². The van der Waals surface area contributed by atoms with E-state index in [1.807, 2.05) is 6.39 Å². The van der Waals surface area contributed by atoms with Gasteiger partial charge in [0, 0.05) is 0 Å². The van der Waals surface area contributed by atoms with Crippen LogP contribution in [0.15, 0.2) is 10.7 Å². The van der Waals surface area contributed by atoms with Crippen LogP contribution >= 0.6 is 0 Å². The molecule has 0 saturated carbocycles. The van der Waals surface area contributed by atoms with Crippen molar-refractivity contribution in [3.05, 3.63) is 18.4 Å². The zero-order valence-corrected chi connectivity index (χ0v) is 3.79. The lowest BCUT2D eigenvalue weighted by Crippen LogP contribution is -1.94. The first-order chi connectivity index (χ1) is 3.80. The van der Waals surface area contributed by atoms with Crippen LogP contribution in [-0.2, 0) is 0 Å². The zero-order chi connectivity index (χ0) is 5.98. The fourth-order valence-corrected chi connectivity index (χ4v) is 0.282. The van der Waals surface area contributed by atoms with Crippen molar-refractivity contribution in [3.63, 3.8) is 0 Å². The summed E-state index contributed by atoms with van der Waals surface area (Å²) in [7, 11) is 0. The van der Waals surface area contributed by atoms with Crippen LogP contribution in [0.25, 0.3) is 0 Å². The predicted octanol–water partition coefficient (Wildman–Crippen LogP) is 0.173. The largest absolute Gasteiger partial charge is 0.476 e. The summed E-state index contributed by atoms with van der Waals surface area (Å²) < 4.78 is 4.26. The molecule has 0 fully saturated rings. The van der Waals surface area contributed by atoms with Crippen LogP contribution in [0, 0.1) is 6.39 Å². The Morgan fingerprint density at radius 3 is 3.00 bits per heavy atom. The van der Waals surface area contributed by atoms with Crippen molar-refractivity contribution in [1.29, 1.82) is 0 Å². The van der Waals surface area contributed by atoms with Crippen LogP contribution in [0.5, 0.6) is 0 Å². The summed E-state index contributed by atoms with van der Waals surface area (Å²) in [5, 5.41) is 8.13. The molecule has 1 N–H and O–H groups in total. The lowest BCUT2D eigenvalue weighted by molar-refractivity contribution is 0.0690. The fourth-order valence-electron chi connectivity index (χ4n) is 0.282. The predicted molar refractivity (Wildman–Crippen MR) is 22.3 cm³/mol. The Balaban J connectivity index is 2.93. The normalized spacial score (nSPS) is 9.00.